The van der Waals surface area contributed by atoms with Crippen LogP contribution in [0.1, 0.15) is 53.9 Å². The predicted molar refractivity (Wildman–Crippen MR) is 90.0 cm³/mol. The maximum atomic E-state index is 6.25. The third-order valence-corrected chi connectivity index (χ3v) is 7.18. The highest BCUT2D eigenvalue weighted by molar-refractivity contribution is 5.31. The van der Waals surface area contributed by atoms with E-state index < -0.39 is 5.79 Å². The van der Waals surface area contributed by atoms with E-state index in [1.165, 1.54) is 12.0 Å². The van der Waals surface area contributed by atoms with E-state index in [2.05, 4.69) is 27.4 Å². The summed E-state index contributed by atoms with van der Waals surface area (Å²) in [5, 5.41) is 0. The first-order valence-electron chi connectivity index (χ1n) is 9.20. The molecule has 0 amide bonds. The van der Waals surface area contributed by atoms with Gasteiger partial charge in [0.2, 0.25) is 0 Å². The monoisotopic (exact) mass is 320 g/mol. The summed E-state index contributed by atoms with van der Waals surface area (Å²) in [6.07, 6.45) is 3.89. The average Bonchev–Trinajstić information content (AvgIpc) is 2.78. The molecule has 2 heterocycles. The summed E-state index contributed by atoms with van der Waals surface area (Å²) in [7, 11) is 0. The third-order valence-electron chi connectivity index (χ3n) is 7.18. The molecule has 0 aromatic rings. The van der Waals surface area contributed by atoms with Gasteiger partial charge >= 0.3 is 0 Å². The minimum Gasteiger partial charge on any atom is -0.377 e. The van der Waals surface area contributed by atoms with E-state index in [-0.39, 0.29) is 5.41 Å². The number of fused-ring (bicyclic) bond motifs is 1. The molecule has 2 saturated carbocycles. The first-order chi connectivity index (χ1) is 10.6. The highest BCUT2D eigenvalue weighted by Gasteiger charge is 2.77. The van der Waals surface area contributed by atoms with Crippen LogP contribution in [-0.2, 0) is 14.2 Å². The minimum absolute atomic E-state index is 0.139. The van der Waals surface area contributed by atoms with Crippen molar-refractivity contribution in [3.63, 3.8) is 0 Å². The van der Waals surface area contributed by atoms with Crippen molar-refractivity contribution in [3.8, 4) is 0 Å². The van der Waals surface area contributed by atoms with Crippen LogP contribution in [-0.4, -0.2) is 31.7 Å². The van der Waals surface area contributed by atoms with Crippen LogP contribution in [0.2, 0.25) is 0 Å². The van der Waals surface area contributed by atoms with Crippen molar-refractivity contribution in [2.45, 2.75) is 65.8 Å². The van der Waals surface area contributed by atoms with Gasteiger partial charge < -0.3 is 14.2 Å². The van der Waals surface area contributed by atoms with Gasteiger partial charge in [-0.05, 0) is 44.9 Å². The Morgan fingerprint density at radius 1 is 1.09 bits per heavy atom. The van der Waals surface area contributed by atoms with E-state index in [0.717, 1.165) is 32.7 Å². The van der Waals surface area contributed by atoms with Crippen LogP contribution in [0.15, 0.2) is 12.2 Å². The van der Waals surface area contributed by atoms with Crippen LogP contribution < -0.4 is 0 Å². The van der Waals surface area contributed by atoms with E-state index >= 15 is 0 Å². The van der Waals surface area contributed by atoms with Gasteiger partial charge in [0.15, 0.2) is 5.79 Å². The first kappa shape index (κ1) is 16.1. The van der Waals surface area contributed by atoms with Crippen LogP contribution in [0.3, 0.4) is 0 Å². The van der Waals surface area contributed by atoms with Gasteiger partial charge in [-0.1, -0.05) is 32.9 Å². The average molecular weight is 320 g/mol. The Kier molecular flexibility index (Phi) is 3.23. The van der Waals surface area contributed by atoms with Gasteiger partial charge in [-0.2, -0.15) is 0 Å². The molecule has 2 aliphatic carbocycles. The quantitative estimate of drug-likeness (QED) is 0.715. The van der Waals surface area contributed by atoms with Gasteiger partial charge in [0.25, 0.3) is 0 Å². The number of ether oxygens (including phenoxy) is 3. The summed E-state index contributed by atoms with van der Waals surface area (Å²) < 4.78 is 18.3. The molecule has 2 aliphatic heterocycles. The lowest BCUT2D eigenvalue weighted by Crippen LogP contribution is -2.45. The summed E-state index contributed by atoms with van der Waals surface area (Å²) in [6, 6.07) is 0. The molecule has 4 rings (SSSR count). The van der Waals surface area contributed by atoms with Gasteiger partial charge in [0, 0.05) is 16.2 Å². The standard InChI is InChI=1S/C20H32O3/c1-13(2)16-20(9-18(20,6)10-21-16)15-8-19(7-14(15)3)11-22-17(4,5)23-12-19/h13,15-16H,3,7-12H2,1-2,4-6H3/t15-,16?,18+,20+/m1/s1. The molecular formula is C20H32O3. The molecule has 0 bridgehead atoms. The normalized spacial score (nSPS) is 47.3. The molecule has 130 valence electrons. The zero-order valence-electron chi connectivity index (χ0n) is 15.4. The van der Waals surface area contributed by atoms with E-state index in [1.54, 1.807) is 0 Å². The summed E-state index contributed by atoms with van der Waals surface area (Å²) in [6.45, 7) is 18.1. The fourth-order valence-corrected chi connectivity index (χ4v) is 5.94. The van der Waals surface area contributed by atoms with Crippen molar-refractivity contribution in [1.82, 2.24) is 0 Å². The largest absolute Gasteiger partial charge is 0.377 e. The zero-order chi connectivity index (χ0) is 16.7. The Bertz CT molecular complexity index is 527. The topological polar surface area (TPSA) is 27.7 Å². The molecule has 0 aromatic heterocycles. The Balaban J connectivity index is 1.58. The summed E-state index contributed by atoms with van der Waals surface area (Å²) >= 11 is 0. The van der Waals surface area contributed by atoms with Crippen LogP contribution in [0, 0.1) is 28.1 Å². The number of rotatable bonds is 2. The fourth-order valence-electron chi connectivity index (χ4n) is 5.94. The van der Waals surface area contributed by atoms with Crippen LogP contribution in [0.5, 0.6) is 0 Å². The summed E-state index contributed by atoms with van der Waals surface area (Å²) in [4.78, 5) is 0. The molecule has 3 heteroatoms. The fraction of sp³-hybridized carbons (Fsp3) is 0.900. The second-order valence-corrected chi connectivity index (χ2v) is 9.82. The lowest BCUT2D eigenvalue weighted by molar-refractivity contribution is -0.284. The van der Waals surface area contributed by atoms with E-state index in [9.17, 15) is 0 Å². The molecule has 4 atom stereocenters. The van der Waals surface area contributed by atoms with Crippen molar-refractivity contribution in [2.24, 2.45) is 28.1 Å². The Labute approximate surface area is 140 Å². The smallest absolute Gasteiger partial charge is 0.162 e. The Hall–Kier alpha value is -0.380. The zero-order valence-corrected chi connectivity index (χ0v) is 15.4. The lowest BCUT2D eigenvalue weighted by atomic mass is 9.72. The van der Waals surface area contributed by atoms with Gasteiger partial charge in [0.05, 0.1) is 25.9 Å². The molecule has 0 radical (unpaired) electrons. The van der Waals surface area contributed by atoms with Crippen molar-refractivity contribution >= 4 is 0 Å². The second-order valence-electron chi connectivity index (χ2n) is 9.82. The summed E-state index contributed by atoms with van der Waals surface area (Å²) in [5.74, 6) is 0.700. The molecule has 23 heavy (non-hydrogen) atoms. The molecule has 3 nitrogen and oxygen atoms in total. The van der Waals surface area contributed by atoms with E-state index in [1.807, 2.05) is 13.8 Å². The molecule has 4 fully saturated rings. The summed E-state index contributed by atoms with van der Waals surface area (Å²) in [5.41, 5.74) is 2.22. The Morgan fingerprint density at radius 2 is 1.74 bits per heavy atom. The number of allylic oxidation sites excluding steroid dienone is 1. The van der Waals surface area contributed by atoms with E-state index in [4.69, 9.17) is 14.2 Å². The number of hydrogen-bond acceptors (Lipinski definition) is 3. The predicted octanol–water partition coefficient (Wildman–Crippen LogP) is 4.17. The molecule has 1 spiro atoms. The molecule has 0 aromatic carbocycles. The molecule has 0 N–H and O–H groups in total. The van der Waals surface area contributed by atoms with Crippen LogP contribution >= 0.6 is 0 Å². The molecule has 4 aliphatic rings. The van der Waals surface area contributed by atoms with Crippen molar-refractivity contribution in [1.29, 1.82) is 0 Å². The Morgan fingerprint density at radius 3 is 2.30 bits per heavy atom. The van der Waals surface area contributed by atoms with Crippen molar-refractivity contribution in [2.75, 3.05) is 19.8 Å². The minimum atomic E-state index is -0.437. The van der Waals surface area contributed by atoms with E-state index in [0.29, 0.717) is 28.8 Å². The second kappa shape index (κ2) is 4.62. The SMILES string of the molecule is C=C1CC2(COC(C)(C)OC2)C[C@H]1[C@]12C[C@@]1(C)COC2C(C)C. The number of hydrogen-bond donors (Lipinski definition) is 0. The highest BCUT2D eigenvalue weighted by atomic mass is 16.7. The highest BCUT2D eigenvalue weighted by Crippen LogP contribution is 2.78. The maximum Gasteiger partial charge on any atom is 0.162 e. The first-order valence-corrected chi connectivity index (χ1v) is 9.20. The van der Waals surface area contributed by atoms with Gasteiger partial charge in [-0.25, -0.2) is 0 Å². The molecule has 1 unspecified atom stereocenters. The van der Waals surface area contributed by atoms with Crippen molar-refractivity contribution < 1.29 is 14.2 Å². The lowest BCUT2D eigenvalue weighted by Gasteiger charge is -2.42. The van der Waals surface area contributed by atoms with Gasteiger partial charge in [-0.3, -0.25) is 0 Å². The third kappa shape index (κ3) is 2.12. The van der Waals surface area contributed by atoms with Crippen molar-refractivity contribution in [3.05, 3.63) is 12.2 Å². The molecular weight excluding hydrogens is 288 g/mol. The van der Waals surface area contributed by atoms with Gasteiger partial charge in [-0.15, -0.1) is 0 Å². The van der Waals surface area contributed by atoms with Crippen LogP contribution in [0.4, 0.5) is 0 Å². The van der Waals surface area contributed by atoms with Crippen LogP contribution in [0.25, 0.3) is 0 Å². The van der Waals surface area contributed by atoms with Gasteiger partial charge in [0.1, 0.15) is 0 Å². The maximum absolute atomic E-state index is 6.25. The molecule has 2 saturated heterocycles.